The van der Waals surface area contributed by atoms with E-state index in [1.54, 1.807) is 0 Å². The molecule has 2 rings (SSSR count). The van der Waals surface area contributed by atoms with E-state index in [1.165, 1.54) is 19.1 Å². The molecule has 6 nitrogen and oxygen atoms in total. The highest BCUT2D eigenvalue weighted by Gasteiger charge is 2.34. The van der Waals surface area contributed by atoms with Gasteiger partial charge in [0.15, 0.2) is 0 Å². The van der Waals surface area contributed by atoms with Gasteiger partial charge in [-0.25, -0.2) is 4.39 Å². The minimum absolute atomic E-state index is 0.189. The highest BCUT2D eigenvalue weighted by Crippen LogP contribution is 2.16. The molecule has 0 aliphatic carbocycles. The number of hydrogen-bond donors (Lipinski definition) is 2. The Labute approximate surface area is 108 Å². The van der Waals surface area contributed by atoms with Crippen molar-refractivity contribution in [3.05, 3.63) is 29.6 Å². The van der Waals surface area contributed by atoms with Crippen molar-refractivity contribution in [1.29, 1.82) is 0 Å². The van der Waals surface area contributed by atoms with Crippen LogP contribution in [0.3, 0.4) is 0 Å². The van der Waals surface area contributed by atoms with Crippen molar-refractivity contribution in [2.24, 2.45) is 0 Å². The average molecular weight is 265 g/mol. The van der Waals surface area contributed by atoms with Crippen molar-refractivity contribution < 1.29 is 18.8 Å². The van der Waals surface area contributed by atoms with E-state index in [0.717, 1.165) is 11.0 Å². The number of anilines is 1. The molecule has 1 aliphatic heterocycles. The van der Waals surface area contributed by atoms with Crippen LogP contribution in [-0.2, 0) is 9.59 Å². The molecule has 7 heteroatoms. The Bertz CT molecular complexity index is 573. The third-order valence-electron chi connectivity index (χ3n) is 2.91. The second-order valence-electron chi connectivity index (χ2n) is 4.26. The molecular weight excluding hydrogens is 253 g/mol. The van der Waals surface area contributed by atoms with Gasteiger partial charge >= 0.3 is 0 Å². The number of carbonyl (C=O) groups is 3. The number of nitrogens with one attached hydrogen (secondary N) is 1. The van der Waals surface area contributed by atoms with Crippen molar-refractivity contribution in [2.75, 3.05) is 12.3 Å². The fourth-order valence-electron chi connectivity index (χ4n) is 1.82. The number of nitrogen functional groups attached to an aromatic ring is 1. The Balaban J connectivity index is 2.32. The van der Waals surface area contributed by atoms with E-state index in [1.807, 2.05) is 0 Å². The number of carbonyl (C=O) groups excluding carboxylic acids is 3. The molecule has 1 unspecified atom stereocenters. The molecule has 0 spiro atoms. The number of imide groups is 1. The maximum Gasteiger partial charge on any atom is 0.257 e. The zero-order valence-electron chi connectivity index (χ0n) is 10.1. The summed E-state index contributed by atoms with van der Waals surface area (Å²) in [5, 5.41) is 2.10. The summed E-state index contributed by atoms with van der Waals surface area (Å²) in [6, 6.07) is 2.80. The van der Waals surface area contributed by atoms with Crippen LogP contribution in [0.25, 0.3) is 0 Å². The van der Waals surface area contributed by atoms with Crippen LogP contribution in [0, 0.1) is 5.82 Å². The van der Waals surface area contributed by atoms with Gasteiger partial charge in [0.25, 0.3) is 5.91 Å². The van der Waals surface area contributed by atoms with Gasteiger partial charge in [-0.15, -0.1) is 0 Å². The monoisotopic (exact) mass is 265 g/mol. The smallest absolute Gasteiger partial charge is 0.257 e. The van der Waals surface area contributed by atoms with Crippen LogP contribution in [-0.4, -0.2) is 35.2 Å². The summed E-state index contributed by atoms with van der Waals surface area (Å²) in [4.78, 5) is 35.9. The first-order valence-electron chi connectivity index (χ1n) is 5.60. The summed E-state index contributed by atoms with van der Waals surface area (Å²) in [5.41, 5.74) is 5.36. The molecule has 0 bridgehead atoms. The molecule has 1 atom stereocenters. The Morgan fingerprint density at radius 1 is 1.47 bits per heavy atom. The number of nitrogens with two attached hydrogens (primary N) is 1. The quantitative estimate of drug-likeness (QED) is 0.547. The Hall–Kier alpha value is -2.44. The Kier molecular flexibility index (Phi) is 3.20. The number of halogens is 1. The van der Waals surface area contributed by atoms with Crippen LogP contribution in [0.4, 0.5) is 10.1 Å². The van der Waals surface area contributed by atoms with Gasteiger partial charge in [0, 0.05) is 5.69 Å². The number of nitrogens with zero attached hydrogens (tertiary/aromatic N) is 1. The summed E-state index contributed by atoms with van der Waals surface area (Å²) in [6.45, 7) is 1.18. The van der Waals surface area contributed by atoms with Crippen molar-refractivity contribution in [2.45, 2.75) is 13.0 Å². The van der Waals surface area contributed by atoms with E-state index in [0.29, 0.717) is 0 Å². The lowest BCUT2D eigenvalue weighted by molar-refractivity contribution is -0.138. The molecule has 0 radical (unpaired) electrons. The van der Waals surface area contributed by atoms with E-state index >= 15 is 0 Å². The van der Waals surface area contributed by atoms with Crippen molar-refractivity contribution in [1.82, 2.24) is 10.2 Å². The second kappa shape index (κ2) is 4.68. The zero-order valence-corrected chi connectivity index (χ0v) is 10.1. The molecule has 1 fully saturated rings. The first-order valence-corrected chi connectivity index (χ1v) is 5.60. The molecule has 1 aliphatic rings. The van der Waals surface area contributed by atoms with Crippen LogP contribution in [0.2, 0.25) is 0 Å². The molecule has 0 saturated carbocycles. The van der Waals surface area contributed by atoms with Gasteiger partial charge in [-0.3, -0.25) is 19.7 Å². The fraction of sp³-hybridized carbons (Fsp3) is 0.250. The van der Waals surface area contributed by atoms with Gasteiger partial charge in [0.2, 0.25) is 11.8 Å². The van der Waals surface area contributed by atoms with Crippen molar-refractivity contribution >= 4 is 23.4 Å². The second-order valence-corrected chi connectivity index (χ2v) is 4.26. The van der Waals surface area contributed by atoms with Crippen LogP contribution in [0.15, 0.2) is 18.2 Å². The SMILES string of the molecule is CC1C(=O)NC(=O)CN1C(=O)c1ccc(N)cc1F. The standard InChI is InChI=1S/C12H12FN3O3/c1-6-11(18)15-10(17)5-16(6)12(19)8-3-2-7(14)4-9(8)13/h2-4,6H,5,14H2,1H3,(H,15,17,18). The number of benzene rings is 1. The first kappa shape index (κ1) is 13.0. The average Bonchev–Trinajstić information content (AvgIpc) is 2.33. The predicted octanol–water partition coefficient (Wildman–Crippen LogP) is -0.105. The largest absolute Gasteiger partial charge is 0.399 e. The van der Waals surface area contributed by atoms with E-state index in [-0.39, 0.29) is 17.8 Å². The van der Waals surface area contributed by atoms with Gasteiger partial charge in [0.1, 0.15) is 18.4 Å². The van der Waals surface area contributed by atoms with Gasteiger partial charge in [-0.1, -0.05) is 0 Å². The number of piperazine rings is 1. The van der Waals surface area contributed by atoms with Crippen LogP contribution in [0.5, 0.6) is 0 Å². The molecule has 1 saturated heterocycles. The molecule has 100 valence electrons. The fourth-order valence-corrected chi connectivity index (χ4v) is 1.82. The normalized spacial score (nSPS) is 19.3. The van der Waals surface area contributed by atoms with Gasteiger partial charge < -0.3 is 10.6 Å². The number of rotatable bonds is 1. The van der Waals surface area contributed by atoms with Gasteiger partial charge in [0.05, 0.1) is 5.56 Å². The molecule has 19 heavy (non-hydrogen) atoms. The highest BCUT2D eigenvalue weighted by molar-refractivity contribution is 6.07. The highest BCUT2D eigenvalue weighted by atomic mass is 19.1. The molecule has 1 aromatic carbocycles. The topological polar surface area (TPSA) is 92.5 Å². The number of hydrogen-bond acceptors (Lipinski definition) is 4. The minimum atomic E-state index is -0.831. The summed E-state index contributed by atoms with van der Waals surface area (Å²) in [7, 11) is 0. The van der Waals surface area contributed by atoms with E-state index in [9.17, 15) is 18.8 Å². The van der Waals surface area contributed by atoms with Crippen LogP contribution in [0.1, 0.15) is 17.3 Å². The molecule has 0 aromatic heterocycles. The summed E-state index contributed by atoms with van der Waals surface area (Å²) in [5.74, 6) is -2.67. The van der Waals surface area contributed by atoms with E-state index in [2.05, 4.69) is 5.32 Å². The lowest BCUT2D eigenvalue weighted by Gasteiger charge is -2.31. The zero-order chi connectivity index (χ0) is 14.2. The van der Waals surface area contributed by atoms with Gasteiger partial charge in [-0.2, -0.15) is 0 Å². The Morgan fingerprint density at radius 3 is 2.79 bits per heavy atom. The summed E-state index contributed by atoms with van der Waals surface area (Å²) >= 11 is 0. The van der Waals surface area contributed by atoms with E-state index < -0.39 is 29.6 Å². The lowest BCUT2D eigenvalue weighted by atomic mass is 10.1. The maximum atomic E-state index is 13.7. The minimum Gasteiger partial charge on any atom is -0.399 e. The molecule has 1 aromatic rings. The maximum absolute atomic E-state index is 13.7. The van der Waals surface area contributed by atoms with Crippen molar-refractivity contribution in [3.8, 4) is 0 Å². The molecule has 1 heterocycles. The molecule has 3 amide bonds. The summed E-state index contributed by atoms with van der Waals surface area (Å²) in [6.07, 6.45) is 0. The first-order chi connectivity index (χ1) is 8.90. The molecule has 3 N–H and O–H groups in total. The van der Waals surface area contributed by atoms with Crippen molar-refractivity contribution in [3.63, 3.8) is 0 Å². The van der Waals surface area contributed by atoms with Crippen LogP contribution < -0.4 is 11.1 Å². The van der Waals surface area contributed by atoms with Gasteiger partial charge in [-0.05, 0) is 25.1 Å². The Morgan fingerprint density at radius 2 is 2.16 bits per heavy atom. The third kappa shape index (κ3) is 2.40. The van der Waals surface area contributed by atoms with E-state index in [4.69, 9.17) is 5.73 Å². The lowest BCUT2D eigenvalue weighted by Crippen LogP contribution is -2.58. The van der Waals surface area contributed by atoms with Crippen LogP contribution >= 0.6 is 0 Å². The summed E-state index contributed by atoms with van der Waals surface area (Å²) < 4.78 is 13.7. The third-order valence-corrected chi connectivity index (χ3v) is 2.91. The number of amides is 3. The molecular formula is C12H12FN3O3. The predicted molar refractivity (Wildman–Crippen MR) is 64.5 cm³/mol.